The molecule has 0 aliphatic carbocycles. The van der Waals surface area contributed by atoms with Gasteiger partial charge in [0.1, 0.15) is 12.4 Å². The number of aromatic nitrogens is 4. The lowest BCUT2D eigenvalue weighted by Crippen LogP contribution is -2.42. The first-order valence-corrected chi connectivity index (χ1v) is 20.8. The van der Waals surface area contributed by atoms with Gasteiger partial charge in [0.25, 0.3) is 5.56 Å². The number of hydrogen-bond donors (Lipinski definition) is 5. The molecule has 3 aromatic carbocycles. The van der Waals surface area contributed by atoms with Crippen molar-refractivity contribution in [3.05, 3.63) is 135 Å². The minimum Gasteiger partial charge on any atom is -0.481 e. The van der Waals surface area contributed by atoms with E-state index in [1.807, 2.05) is 31.2 Å². The molecule has 342 valence electrons. The number of benzene rings is 3. The van der Waals surface area contributed by atoms with Crippen molar-refractivity contribution >= 4 is 35.6 Å². The number of aliphatic carboxylic acids is 3. The molecule has 0 aliphatic rings. The molecule has 0 bridgehead atoms. The number of thioether (sulfide) groups is 1. The van der Waals surface area contributed by atoms with E-state index in [0.717, 1.165) is 47.5 Å². The van der Waals surface area contributed by atoms with Crippen molar-refractivity contribution in [1.29, 1.82) is 0 Å². The standard InChI is InChI=1S/C38H40F4N6O2S.C6H8O7/c1-4-46(5-2)18-19-47(22-27-6-10-29(11-7-27)30-12-14-32(15-13-30)38(40,41)42)35(49)24-48-23-34(26(3)31-20-43-44-21-31)36(50)45-37(48)51-25-28-8-16-33(39)17-9-28;7-3(8)1-6(13,5(11)12)2-4(9)10/h6-17,20-21,23,26H,4-5,18-19,22,24-25H2,1-3H3,(H,43,44);13H,1-2H2,(H,7,8)(H,9,10)(H,11,12). The number of H-pyrrole nitrogens is 1. The predicted octanol–water partition coefficient (Wildman–Crippen LogP) is 6.36. The van der Waals surface area contributed by atoms with E-state index in [1.54, 1.807) is 40.2 Å². The number of alkyl halides is 3. The number of halogens is 4. The topological polar surface area (TPSA) is 219 Å². The van der Waals surface area contributed by atoms with E-state index in [1.165, 1.54) is 36.0 Å². The molecule has 64 heavy (non-hydrogen) atoms. The van der Waals surface area contributed by atoms with E-state index in [2.05, 4.69) is 33.9 Å². The fourth-order valence-corrected chi connectivity index (χ4v) is 7.27. The zero-order valence-corrected chi connectivity index (χ0v) is 35.9. The summed E-state index contributed by atoms with van der Waals surface area (Å²) in [4.78, 5) is 66.4. The summed E-state index contributed by atoms with van der Waals surface area (Å²) in [5.74, 6) is -5.46. The van der Waals surface area contributed by atoms with Crippen LogP contribution in [0.25, 0.3) is 11.1 Å². The third kappa shape index (κ3) is 14.6. The third-order valence-electron chi connectivity index (χ3n) is 10.1. The van der Waals surface area contributed by atoms with Gasteiger partial charge in [-0.25, -0.2) is 9.18 Å². The van der Waals surface area contributed by atoms with Gasteiger partial charge in [0, 0.05) is 49.3 Å². The van der Waals surface area contributed by atoms with Crippen molar-refractivity contribution in [2.45, 2.75) is 75.3 Å². The zero-order chi connectivity index (χ0) is 47.2. The largest absolute Gasteiger partial charge is 0.481 e. The summed E-state index contributed by atoms with van der Waals surface area (Å²) in [6.07, 6.45) is -1.64. The summed E-state index contributed by atoms with van der Waals surface area (Å²) in [6, 6.07) is 18.5. The van der Waals surface area contributed by atoms with Crippen LogP contribution in [-0.2, 0) is 44.2 Å². The zero-order valence-electron chi connectivity index (χ0n) is 35.1. The van der Waals surface area contributed by atoms with Gasteiger partial charge in [0.05, 0.1) is 24.6 Å². The van der Waals surface area contributed by atoms with Crippen molar-refractivity contribution < 1.29 is 57.2 Å². The smallest absolute Gasteiger partial charge is 0.416 e. The van der Waals surface area contributed by atoms with Gasteiger partial charge in [-0.1, -0.05) is 81.1 Å². The summed E-state index contributed by atoms with van der Waals surface area (Å²) in [5, 5.41) is 41.0. The van der Waals surface area contributed by atoms with Gasteiger partial charge >= 0.3 is 24.1 Å². The fraction of sp³-hybridized carbons (Fsp3) is 0.341. The van der Waals surface area contributed by atoms with Crippen LogP contribution in [0.3, 0.4) is 0 Å². The Balaban J connectivity index is 0.000000598. The molecule has 2 heterocycles. The minimum absolute atomic E-state index is 0.0774. The number of carboxylic acids is 3. The van der Waals surface area contributed by atoms with Gasteiger partial charge in [-0.3, -0.25) is 24.3 Å². The number of hydrogen-bond acceptors (Lipinski definition) is 10. The maximum Gasteiger partial charge on any atom is 0.416 e. The molecule has 1 unspecified atom stereocenters. The van der Waals surface area contributed by atoms with Gasteiger partial charge in [-0.15, -0.1) is 0 Å². The highest BCUT2D eigenvalue weighted by Gasteiger charge is 2.41. The molecule has 0 saturated carbocycles. The Labute approximate surface area is 369 Å². The van der Waals surface area contributed by atoms with Gasteiger partial charge in [0.15, 0.2) is 10.8 Å². The monoisotopic (exact) mass is 912 g/mol. The Morgan fingerprint density at radius 1 is 0.844 bits per heavy atom. The molecule has 2 aromatic heterocycles. The Morgan fingerprint density at radius 3 is 1.91 bits per heavy atom. The molecule has 5 N–H and O–H groups in total. The number of carbonyl (C=O) groups excluding carboxylic acids is 1. The lowest BCUT2D eigenvalue weighted by Gasteiger charge is -2.27. The van der Waals surface area contributed by atoms with Crippen molar-refractivity contribution in [3.8, 4) is 11.1 Å². The van der Waals surface area contributed by atoms with E-state index in [-0.39, 0.29) is 24.2 Å². The second-order valence-electron chi connectivity index (χ2n) is 14.7. The van der Waals surface area contributed by atoms with Crippen LogP contribution in [0.5, 0.6) is 0 Å². The molecule has 0 saturated heterocycles. The average Bonchev–Trinajstić information content (AvgIpc) is 3.79. The summed E-state index contributed by atoms with van der Waals surface area (Å²) in [7, 11) is 0. The number of carboxylic acid groups (broad SMARTS) is 3. The molecule has 1 atom stereocenters. The Bertz CT molecular complexity index is 2380. The summed E-state index contributed by atoms with van der Waals surface area (Å²) in [5.41, 5.74) is 0.488. The molecule has 15 nitrogen and oxygen atoms in total. The van der Waals surface area contributed by atoms with Crippen LogP contribution in [0.1, 0.15) is 67.3 Å². The van der Waals surface area contributed by atoms with Crippen molar-refractivity contribution in [1.82, 2.24) is 29.5 Å². The fourth-order valence-electron chi connectivity index (χ4n) is 6.35. The summed E-state index contributed by atoms with van der Waals surface area (Å²) >= 11 is 1.29. The average molecular weight is 913 g/mol. The lowest BCUT2D eigenvalue weighted by atomic mass is 9.96. The molecule has 0 aliphatic heterocycles. The number of likely N-dealkylation sites (N-methyl/N-ethyl adjacent to an activating group) is 1. The normalized spacial score (nSPS) is 12.0. The van der Waals surface area contributed by atoms with Gasteiger partial charge < -0.3 is 34.8 Å². The molecule has 5 aromatic rings. The molecule has 0 fully saturated rings. The first-order chi connectivity index (χ1) is 30.2. The molecular formula is C44H48F4N6O9S. The van der Waals surface area contributed by atoms with Crippen LogP contribution in [-0.4, -0.2) is 106 Å². The predicted molar refractivity (Wildman–Crippen MR) is 228 cm³/mol. The first-order valence-electron chi connectivity index (χ1n) is 19.9. The quantitative estimate of drug-likeness (QED) is 0.0327. The van der Waals surface area contributed by atoms with Crippen molar-refractivity contribution in [2.75, 3.05) is 26.2 Å². The van der Waals surface area contributed by atoms with E-state index < -0.39 is 53.6 Å². The highest BCUT2D eigenvalue weighted by Crippen LogP contribution is 2.31. The van der Waals surface area contributed by atoms with Crippen molar-refractivity contribution in [2.24, 2.45) is 0 Å². The van der Waals surface area contributed by atoms with Gasteiger partial charge in [-0.2, -0.15) is 23.3 Å². The number of carbonyl (C=O) groups is 4. The Kier molecular flexibility index (Phi) is 17.9. The van der Waals surface area contributed by atoms with Crippen LogP contribution in [0.2, 0.25) is 0 Å². The number of nitrogens with zero attached hydrogens (tertiary/aromatic N) is 5. The van der Waals surface area contributed by atoms with Crippen LogP contribution >= 0.6 is 11.8 Å². The molecule has 20 heteroatoms. The van der Waals surface area contributed by atoms with E-state index >= 15 is 0 Å². The lowest BCUT2D eigenvalue weighted by molar-refractivity contribution is -0.170. The second kappa shape index (κ2) is 22.8. The van der Waals surface area contributed by atoms with Crippen LogP contribution in [0.4, 0.5) is 17.6 Å². The summed E-state index contributed by atoms with van der Waals surface area (Å²) < 4.78 is 54.4. The maximum atomic E-state index is 14.2. The highest BCUT2D eigenvalue weighted by molar-refractivity contribution is 7.98. The first kappa shape index (κ1) is 50.3. The maximum absolute atomic E-state index is 14.2. The number of aliphatic hydroxyl groups is 1. The van der Waals surface area contributed by atoms with Crippen LogP contribution in [0, 0.1) is 5.82 Å². The Morgan fingerprint density at radius 2 is 1.41 bits per heavy atom. The van der Waals surface area contributed by atoms with Gasteiger partial charge in [0.2, 0.25) is 5.91 Å². The van der Waals surface area contributed by atoms with Crippen LogP contribution < -0.4 is 5.56 Å². The Hall–Kier alpha value is -6.38. The SMILES string of the molecule is CCN(CC)CCN(Cc1ccc(-c2ccc(C(F)(F)F)cc2)cc1)C(=O)Cn1cc(C(C)c2cn[nH]c2)c(=O)nc1SCc1ccc(F)cc1.O=C(O)CC(O)(CC(=O)O)C(=O)O. The number of rotatable bonds is 20. The number of aromatic amines is 1. The molecule has 0 spiro atoms. The third-order valence-corrected chi connectivity index (χ3v) is 11.2. The molecule has 1 amide bonds. The molecule has 5 rings (SSSR count). The molecular weight excluding hydrogens is 865 g/mol. The van der Waals surface area contributed by atoms with E-state index in [0.29, 0.717) is 41.7 Å². The molecule has 0 radical (unpaired) electrons. The van der Waals surface area contributed by atoms with Crippen LogP contribution in [0.15, 0.2) is 101 Å². The summed E-state index contributed by atoms with van der Waals surface area (Å²) in [6.45, 7) is 8.98. The van der Waals surface area contributed by atoms with Gasteiger partial charge in [-0.05, 0) is 65.2 Å². The highest BCUT2D eigenvalue weighted by atomic mass is 32.2. The van der Waals surface area contributed by atoms with E-state index in [9.17, 15) is 41.5 Å². The second-order valence-corrected chi connectivity index (χ2v) is 15.6. The number of amides is 1. The van der Waals surface area contributed by atoms with E-state index in [4.69, 9.17) is 20.4 Å². The van der Waals surface area contributed by atoms with Crippen molar-refractivity contribution in [3.63, 3.8) is 0 Å². The number of nitrogens with one attached hydrogen (secondary N) is 1. The minimum atomic E-state index is -4.41.